The number of H-pyrrole nitrogens is 1. The van der Waals surface area contributed by atoms with E-state index in [2.05, 4.69) is 76.0 Å². The zero-order chi connectivity index (χ0) is 28.8. The molecule has 7 nitrogen and oxygen atoms in total. The summed E-state index contributed by atoms with van der Waals surface area (Å²) in [6.07, 6.45) is 9.32. The summed E-state index contributed by atoms with van der Waals surface area (Å²) in [6, 6.07) is 22.7. The van der Waals surface area contributed by atoms with Gasteiger partial charge in [-0.15, -0.1) is 0 Å². The molecular formula is C34H38ClN5O2. The minimum Gasteiger partial charge on any atom is -0.339 e. The van der Waals surface area contributed by atoms with Gasteiger partial charge in [0.1, 0.15) is 10.8 Å². The summed E-state index contributed by atoms with van der Waals surface area (Å²) in [5.74, 6) is 1.06. The van der Waals surface area contributed by atoms with E-state index in [1.165, 1.54) is 49.0 Å². The molecule has 3 aliphatic heterocycles. The van der Waals surface area contributed by atoms with E-state index in [1.807, 2.05) is 4.90 Å². The minimum absolute atomic E-state index is 0.0358. The van der Waals surface area contributed by atoms with Gasteiger partial charge in [-0.3, -0.25) is 14.5 Å². The Hall–Kier alpha value is -3.42. The molecule has 8 heteroatoms. The van der Waals surface area contributed by atoms with Crippen LogP contribution >= 0.6 is 11.6 Å². The van der Waals surface area contributed by atoms with Crippen LogP contribution in [0.1, 0.15) is 72.7 Å². The number of benzene rings is 2. The lowest BCUT2D eigenvalue weighted by Gasteiger charge is -2.45. The molecule has 3 aliphatic rings. The second-order valence-corrected chi connectivity index (χ2v) is 12.9. The fourth-order valence-electron chi connectivity index (χ4n) is 8.16. The zero-order valence-electron chi connectivity index (χ0n) is 24.1. The molecule has 0 saturated carbocycles. The number of halogens is 1. The molecule has 5 heterocycles. The first-order valence-corrected chi connectivity index (χ1v) is 15.7. The molecule has 2 bridgehead atoms. The van der Waals surface area contributed by atoms with E-state index in [-0.39, 0.29) is 21.9 Å². The van der Waals surface area contributed by atoms with E-state index in [4.69, 9.17) is 16.6 Å². The third-order valence-electron chi connectivity index (χ3n) is 10.3. The zero-order valence-corrected chi connectivity index (χ0v) is 24.9. The normalized spacial score (nSPS) is 23.9. The molecule has 1 amide bonds. The van der Waals surface area contributed by atoms with Crippen LogP contribution in [-0.2, 0) is 5.41 Å². The third kappa shape index (κ3) is 4.86. The Morgan fingerprint density at radius 1 is 1.00 bits per heavy atom. The maximum atomic E-state index is 13.3. The first-order valence-electron chi connectivity index (χ1n) is 15.3. The highest BCUT2D eigenvalue weighted by atomic mass is 35.5. The summed E-state index contributed by atoms with van der Waals surface area (Å²) in [7, 11) is 0. The largest absolute Gasteiger partial charge is 0.339 e. The average Bonchev–Trinajstić information content (AvgIpc) is 3.48. The van der Waals surface area contributed by atoms with Gasteiger partial charge < -0.3 is 14.5 Å². The summed E-state index contributed by atoms with van der Waals surface area (Å²) in [6.45, 7) is 4.61. The number of fused-ring (bicyclic) bond motifs is 3. The quantitative estimate of drug-likeness (QED) is 0.297. The van der Waals surface area contributed by atoms with Crippen LogP contribution in [0.2, 0.25) is 5.02 Å². The number of hydrogen-bond donors (Lipinski definition) is 1. The Kier molecular flexibility index (Phi) is 7.19. The topological polar surface area (TPSA) is 74.2 Å². The number of rotatable bonds is 6. The van der Waals surface area contributed by atoms with Crippen molar-refractivity contribution >= 4 is 28.5 Å². The van der Waals surface area contributed by atoms with E-state index >= 15 is 0 Å². The van der Waals surface area contributed by atoms with Crippen molar-refractivity contribution in [3.63, 3.8) is 0 Å². The van der Waals surface area contributed by atoms with E-state index in [1.54, 1.807) is 0 Å². The smallest absolute Gasteiger partial charge is 0.266 e. The van der Waals surface area contributed by atoms with Gasteiger partial charge in [-0.2, -0.15) is 0 Å². The number of para-hydroxylation sites is 2. The van der Waals surface area contributed by atoms with Crippen LogP contribution in [0.25, 0.3) is 11.0 Å². The number of piperidine rings is 2. The fraction of sp³-hybridized carbons (Fsp3) is 0.441. The van der Waals surface area contributed by atoms with Crippen molar-refractivity contribution in [1.29, 1.82) is 0 Å². The Bertz CT molecular complexity index is 1640. The highest BCUT2D eigenvalue weighted by molar-refractivity contribution is 6.30. The van der Waals surface area contributed by atoms with Crippen LogP contribution in [0.5, 0.6) is 0 Å². The van der Waals surface area contributed by atoms with Gasteiger partial charge in [0.2, 0.25) is 0 Å². The molecule has 3 saturated heterocycles. The Labute approximate surface area is 251 Å². The summed E-state index contributed by atoms with van der Waals surface area (Å²) in [5.41, 5.74) is 3.85. The van der Waals surface area contributed by atoms with Crippen molar-refractivity contribution in [3.8, 4) is 0 Å². The van der Waals surface area contributed by atoms with Crippen molar-refractivity contribution in [2.24, 2.45) is 0 Å². The molecule has 3 fully saturated rings. The number of hydrogen-bond acceptors (Lipinski definition) is 4. The monoisotopic (exact) mass is 583 g/mol. The van der Waals surface area contributed by atoms with Gasteiger partial charge in [-0.05, 0) is 87.6 Å². The predicted molar refractivity (Wildman–Crippen MR) is 166 cm³/mol. The van der Waals surface area contributed by atoms with Crippen molar-refractivity contribution in [2.45, 2.75) is 75.4 Å². The number of aromatic amines is 1. The second-order valence-electron chi connectivity index (χ2n) is 12.5. The number of pyridine rings is 1. The lowest BCUT2D eigenvalue weighted by Crippen LogP contribution is -2.49. The summed E-state index contributed by atoms with van der Waals surface area (Å²) in [5, 5.41) is 0.0475. The highest BCUT2D eigenvalue weighted by Crippen LogP contribution is 2.45. The fourth-order valence-corrected chi connectivity index (χ4v) is 8.34. The highest BCUT2D eigenvalue weighted by Gasteiger charge is 2.44. The molecule has 1 N–H and O–H groups in total. The lowest BCUT2D eigenvalue weighted by atomic mass is 9.70. The maximum Gasteiger partial charge on any atom is 0.266 e. The molecule has 42 heavy (non-hydrogen) atoms. The molecular weight excluding hydrogens is 546 g/mol. The van der Waals surface area contributed by atoms with Crippen LogP contribution in [0.15, 0.2) is 71.7 Å². The number of carbonyl (C=O) groups excluding carboxylic acids is 1. The number of aromatic nitrogens is 3. The van der Waals surface area contributed by atoms with Crippen LogP contribution in [-0.4, -0.2) is 62.0 Å². The van der Waals surface area contributed by atoms with E-state index in [0.29, 0.717) is 36.8 Å². The van der Waals surface area contributed by atoms with Gasteiger partial charge in [0, 0.05) is 37.4 Å². The summed E-state index contributed by atoms with van der Waals surface area (Å²) < 4.78 is 2.51. The number of amides is 1. The summed E-state index contributed by atoms with van der Waals surface area (Å²) >= 11 is 6.01. The van der Waals surface area contributed by atoms with Crippen molar-refractivity contribution in [3.05, 3.63) is 99.2 Å². The van der Waals surface area contributed by atoms with Gasteiger partial charge >= 0.3 is 0 Å². The molecule has 1 unspecified atom stereocenters. The predicted octanol–water partition coefficient (Wildman–Crippen LogP) is 6.12. The Morgan fingerprint density at radius 2 is 1.69 bits per heavy atom. The van der Waals surface area contributed by atoms with E-state index in [0.717, 1.165) is 37.1 Å². The van der Waals surface area contributed by atoms with Gasteiger partial charge in [0.05, 0.1) is 16.6 Å². The third-order valence-corrected chi connectivity index (χ3v) is 10.6. The van der Waals surface area contributed by atoms with Crippen molar-refractivity contribution < 1.29 is 4.79 Å². The maximum absolute atomic E-state index is 13.3. The van der Waals surface area contributed by atoms with Crippen LogP contribution in [0.3, 0.4) is 0 Å². The molecule has 0 spiro atoms. The van der Waals surface area contributed by atoms with Crippen molar-refractivity contribution in [1.82, 2.24) is 24.3 Å². The number of nitrogens with zero attached hydrogens (tertiary/aromatic N) is 4. The number of carbonyl (C=O) groups is 1. The Balaban J connectivity index is 1.06. The van der Waals surface area contributed by atoms with Crippen molar-refractivity contribution in [2.75, 3.05) is 19.6 Å². The van der Waals surface area contributed by atoms with Gasteiger partial charge in [0.25, 0.3) is 11.5 Å². The first-order chi connectivity index (χ1) is 20.4. The molecule has 2 aromatic carbocycles. The minimum atomic E-state index is -0.374. The number of likely N-dealkylation sites (tertiary alicyclic amines) is 1. The number of imidazole rings is 1. The summed E-state index contributed by atoms with van der Waals surface area (Å²) in [4.78, 5) is 37.1. The Morgan fingerprint density at radius 3 is 2.40 bits per heavy atom. The van der Waals surface area contributed by atoms with Crippen LogP contribution in [0.4, 0.5) is 0 Å². The van der Waals surface area contributed by atoms with Gasteiger partial charge in [0.15, 0.2) is 0 Å². The molecule has 0 aliphatic carbocycles. The molecule has 7 rings (SSSR count). The molecule has 3 atom stereocenters. The average molecular weight is 584 g/mol. The molecule has 218 valence electrons. The number of nitrogens with one attached hydrogen (secondary N) is 1. The van der Waals surface area contributed by atoms with Gasteiger partial charge in [-0.1, -0.05) is 54.1 Å². The van der Waals surface area contributed by atoms with Crippen LogP contribution in [0, 0.1) is 6.92 Å². The van der Waals surface area contributed by atoms with E-state index < -0.39 is 0 Å². The van der Waals surface area contributed by atoms with Crippen LogP contribution < -0.4 is 5.56 Å². The van der Waals surface area contributed by atoms with Gasteiger partial charge in [-0.25, -0.2) is 4.98 Å². The standard InChI is InChI=1S/C34H38ClN5O2/c1-23-37-30-9-5-6-10-31(30)40(23)28-20-26-11-12-27(21-28)39(26)18-15-34(25-7-3-2-4-8-25)13-16-38(17-14-34)33(42)24-19-29(35)32(41)36-22-24/h2-10,19,22,26-28H,11-18,20-21H2,1H3,(H,36,41)/t26-,27+,28?. The first kappa shape index (κ1) is 27.4. The second kappa shape index (κ2) is 11.0. The van der Waals surface area contributed by atoms with E-state index in [9.17, 15) is 9.59 Å². The number of aryl methyl sites for hydroxylation is 1. The molecule has 2 aromatic heterocycles. The molecule has 4 aromatic rings. The molecule has 0 radical (unpaired) electrons. The lowest BCUT2D eigenvalue weighted by molar-refractivity contribution is 0.0606. The SMILES string of the molecule is Cc1nc2ccccc2n1C1C[C@H]2CC[C@@H](C1)N2CCC1(c2ccccc2)CCN(C(=O)c2c[nH]c(=O)c(Cl)c2)CC1.